The Morgan fingerprint density at radius 2 is 2.07 bits per heavy atom. The standard InChI is InChI=1S/C22H31N3O4/c1-6-29-22(27)19-15(3)24(4)16-9-10-17(28-5)21(20(16)19)23-18(26)13-25-11-7-8-14(2)12-25/h9-10,14H,6-8,11-13H2,1-5H3,(H,23,26)/t14-/m1/s1. The monoisotopic (exact) mass is 401 g/mol. The Morgan fingerprint density at radius 1 is 1.31 bits per heavy atom. The highest BCUT2D eigenvalue weighted by Crippen LogP contribution is 2.38. The molecule has 1 N–H and O–H groups in total. The van der Waals surface area contributed by atoms with E-state index in [-0.39, 0.29) is 12.5 Å². The SMILES string of the molecule is CCOC(=O)c1c(C)n(C)c2ccc(OC)c(NC(=O)CN3CCC[C@@H](C)C3)c12. The van der Waals surface area contributed by atoms with Gasteiger partial charge in [0.25, 0.3) is 0 Å². The molecule has 3 rings (SSSR count). The number of anilines is 1. The molecule has 29 heavy (non-hydrogen) atoms. The molecule has 2 heterocycles. The molecule has 2 aromatic rings. The van der Waals surface area contributed by atoms with Crippen LogP contribution in [0.3, 0.4) is 0 Å². The highest BCUT2D eigenvalue weighted by Gasteiger charge is 2.26. The molecule has 1 aliphatic rings. The molecule has 0 unspecified atom stereocenters. The van der Waals surface area contributed by atoms with Gasteiger partial charge in [0.05, 0.1) is 37.0 Å². The van der Waals surface area contributed by atoms with E-state index >= 15 is 0 Å². The van der Waals surface area contributed by atoms with Gasteiger partial charge in [-0.15, -0.1) is 0 Å². The maximum atomic E-state index is 12.9. The molecule has 1 aromatic carbocycles. The zero-order valence-electron chi connectivity index (χ0n) is 18.0. The van der Waals surface area contributed by atoms with E-state index in [1.54, 1.807) is 14.0 Å². The Morgan fingerprint density at radius 3 is 2.72 bits per heavy atom. The number of nitrogens with zero attached hydrogens (tertiary/aromatic N) is 2. The van der Waals surface area contributed by atoms with Crippen LogP contribution in [0.4, 0.5) is 5.69 Å². The van der Waals surface area contributed by atoms with E-state index in [0.717, 1.165) is 30.7 Å². The lowest BCUT2D eigenvalue weighted by molar-refractivity contribution is -0.117. The molecular weight excluding hydrogens is 370 g/mol. The number of esters is 1. The molecule has 1 fully saturated rings. The number of aryl methyl sites for hydroxylation is 1. The lowest BCUT2D eigenvalue weighted by atomic mass is 10.0. The van der Waals surface area contributed by atoms with Crippen molar-refractivity contribution in [3.05, 3.63) is 23.4 Å². The van der Waals surface area contributed by atoms with Crippen molar-refractivity contribution in [1.82, 2.24) is 9.47 Å². The van der Waals surface area contributed by atoms with Crippen LogP contribution < -0.4 is 10.1 Å². The Labute approximate surface area is 171 Å². The largest absolute Gasteiger partial charge is 0.495 e. The molecule has 0 aliphatic carbocycles. The summed E-state index contributed by atoms with van der Waals surface area (Å²) in [5.74, 6) is 0.612. The summed E-state index contributed by atoms with van der Waals surface area (Å²) < 4.78 is 12.7. The zero-order chi connectivity index (χ0) is 21.1. The van der Waals surface area contributed by atoms with Gasteiger partial charge >= 0.3 is 5.97 Å². The van der Waals surface area contributed by atoms with Crippen LogP contribution in [-0.2, 0) is 16.6 Å². The van der Waals surface area contributed by atoms with Crippen molar-refractivity contribution >= 4 is 28.5 Å². The van der Waals surface area contributed by atoms with Gasteiger partial charge in [-0.1, -0.05) is 6.92 Å². The van der Waals surface area contributed by atoms with E-state index in [1.165, 1.54) is 6.42 Å². The summed E-state index contributed by atoms with van der Waals surface area (Å²) in [6.45, 7) is 8.33. The molecule has 7 nitrogen and oxygen atoms in total. The number of ether oxygens (including phenoxy) is 2. The van der Waals surface area contributed by atoms with E-state index in [9.17, 15) is 9.59 Å². The maximum absolute atomic E-state index is 12.9. The van der Waals surface area contributed by atoms with Gasteiger partial charge in [0, 0.05) is 24.7 Å². The number of hydrogen-bond acceptors (Lipinski definition) is 5. The third-order valence-electron chi connectivity index (χ3n) is 5.69. The average molecular weight is 402 g/mol. The molecule has 1 amide bonds. The minimum atomic E-state index is -0.399. The minimum Gasteiger partial charge on any atom is -0.495 e. The summed E-state index contributed by atoms with van der Waals surface area (Å²) in [7, 11) is 3.45. The molecule has 0 saturated carbocycles. The number of aromatic nitrogens is 1. The first-order chi connectivity index (χ1) is 13.9. The van der Waals surface area contributed by atoms with Crippen molar-refractivity contribution in [3.63, 3.8) is 0 Å². The van der Waals surface area contributed by atoms with Crippen molar-refractivity contribution in [2.24, 2.45) is 13.0 Å². The lowest BCUT2D eigenvalue weighted by Gasteiger charge is -2.30. The average Bonchev–Trinajstić information content (AvgIpc) is 2.93. The Balaban J connectivity index is 2.00. The summed E-state index contributed by atoms with van der Waals surface area (Å²) >= 11 is 0. The molecule has 7 heteroatoms. The maximum Gasteiger partial charge on any atom is 0.340 e. The number of carbonyl (C=O) groups excluding carboxylic acids is 2. The Bertz CT molecular complexity index is 919. The second-order valence-corrected chi connectivity index (χ2v) is 7.81. The first-order valence-electron chi connectivity index (χ1n) is 10.2. The molecule has 1 atom stereocenters. The predicted octanol–water partition coefficient (Wildman–Crippen LogP) is 3.34. The van der Waals surface area contributed by atoms with Gasteiger partial charge in [0.15, 0.2) is 0 Å². The number of fused-ring (bicyclic) bond motifs is 1. The van der Waals surface area contributed by atoms with Gasteiger partial charge in [-0.3, -0.25) is 9.69 Å². The number of amides is 1. The number of methoxy groups -OCH3 is 1. The number of likely N-dealkylation sites (tertiary alicyclic amines) is 1. The fourth-order valence-electron chi connectivity index (χ4n) is 4.19. The summed E-state index contributed by atoms with van der Waals surface area (Å²) in [5.41, 5.74) is 2.61. The number of rotatable bonds is 6. The van der Waals surface area contributed by atoms with Crippen LogP contribution >= 0.6 is 0 Å². The second kappa shape index (κ2) is 8.86. The van der Waals surface area contributed by atoms with Crippen LogP contribution in [-0.4, -0.2) is 54.7 Å². The molecule has 0 bridgehead atoms. The van der Waals surface area contributed by atoms with Crippen LogP contribution in [0.1, 0.15) is 42.7 Å². The van der Waals surface area contributed by atoms with Gasteiger partial charge < -0.3 is 19.4 Å². The molecule has 0 spiro atoms. The normalized spacial score (nSPS) is 17.3. The fourth-order valence-corrected chi connectivity index (χ4v) is 4.19. The van der Waals surface area contributed by atoms with E-state index < -0.39 is 5.97 Å². The second-order valence-electron chi connectivity index (χ2n) is 7.81. The van der Waals surface area contributed by atoms with Crippen molar-refractivity contribution in [3.8, 4) is 5.75 Å². The zero-order valence-corrected chi connectivity index (χ0v) is 18.0. The topological polar surface area (TPSA) is 72.8 Å². The smallest absolute Gasteiger partial charge is 0.340 e. The van der Waals surface area contributed by atoms with E-state index in [4.69, 9.17) is 9.47 Å². The van der Waals surface area contributed by atoms with Crippen molar-refractivity contribution in [2.75, 3.05) is 38.7 Å². The van der Waals surface area contributed by atoms with Gasteiger partial charge in [0.2, 0.25) is 5.91 Å². The lowest BCUT2D eigenvalue weighted by Crippen LogP contribution is -2.39. The van der Waals surface area contributed by atoms with Gasteiger partial charge in [-0.25, -0.2) is 4.79 Å². The summed E-state index contributed by atoms with van der Waals surface area (Å²) in [4.78, 5) is 27.7. The van der Waals surface area contributed by atoms with E-state index in [1.807, 2.05) is 30.7 Å². The summed E-state index contributed by atoms with van der Waals surface area (Å²) in [5, 5.41) is 3.67. The number of carbonyl (C=O) groups is 2. The first-order valence-corrected chi connectivity index (χ1v) is 10.2. The highest BCUT2D eigenvalue weighted by atomic mass is 16.5. The van der Waals surface area contributed by atoms with Crippen LogP contribution in [0.5, 0.6) is 5.75 Å². The first kappa shape index (κ1) is 21.2. The van der Waals surface area contributed by atoms with Gasteiger partial charge in [-0.2, -0.15) is 0 Å². The van der Waals surface area contributed by atoms with Gasteiger partial charge in [-0.05, 0) is 51.3 Å². The number of benzene rings is 1. The third-order valence-corrected chi connectivity index (χ3v) is 5.69. The van der Waals surface area contributed by atoms with Gasteiger partial charge in [0.1, 0.15) is 5.75 Å². The quantitative estimate of drug-likeness (QED) is 0.752. The van der Waals surface area contributed by atoms with Crippen LogP contribution in [0.25, 0.3) is 10.9 Å². The van der Waals surface area contributed by atoms with Crippen LogP contribution in [0.15, 0.2) is 12.1 Å². The summed E-state index contributed by atoms with van der Waals surface area (Å²) in [6.07, 6.45) is 2.32. The Hall–Kier alpha value is -2.54. The molecule has 1 aliphatic heterocycles. The molecule has 1 aromatic heterocycles. The van der Waals surface area contributed by atoms with Crippen molar-refractivity contribution in [2.45, 2.75) is 33.6 Å². The number of nitrogens with one attached hydrogen (secondary N) is 1. The number of piperidine rings is 1. The summed E-state index contributed by atoms with van der Waals surface area (Å²) in [6, 6.07) is 3.71. The minimum absolute atomic E-state index is 0.110. The molecular formula is C22H31N3O4. The van der Waals surface area contributed by atoms with E-state index in [0.29, 0.717) is 34.8 Å². The third kappa shape index (κ3) is 4.24. The Kier molecular flexibility index (Phi) is 6.47. The molecule has 0 radical (unpaired) electrons. The van der Waals surface area contributed by atoms with Crippen LogP contribution in [0.2, 0.25) is 0 Å². The van der Waals surface area contributed by atoms with E-state index in [2.05, 4.69) is 17.1 Å². The molecule has 1 saturated heterocycles. The highest BCUT2D eigenvalue weighted by molar-refractivity contribution is 6.14. The molecule has 158 valence electrons. The van der Waals surface area contributed by atoms with Crippen molar-refractivity contribution in [1.29, 1.82) is 0 Å². The van der Waals surface area contributed by atoms with Crippen molar-refractivity contribution < 1.29 is 19.1 Å². The fraction of sp³-hybridized carbons (Fsp3) is 0.545. The van der Waals surface area contributed by atoms with Crippen LogP contribution in [0, 0.1) is 12.8 Å². The predicted molar refractivity (Wildman–Crippen MR) is 114 cm³/mol. The number of hydrogen-bond donors (Lipinski definition) is 1.